The van der Waals surface area contributed by atoms with Gasteiger partial charge >= 0.3 is 0 Å². The van der Waals surface area contributed by atoms with Gasteiger partial charge in [0.15, 0.2) is 11.5 Å². The van der Waals surface area contributed by atoms with Gasteiger partial charge in [0.1, 0.15) is 9.84 Å². The van der Waals surface area contributed by atoms with Crippen LogP contribution in [0.25, 0.3) is 0 Å². The minimum Gasteiger partial charge on any atom is -0.493 e. The molecule has 0 unspecified atom stereocenters. The summed E-state index contributed by atoms with van der Waals surface area (Å²) in [4.78, 5) is 10.9. The van der Waals surface area contributed by atoms with Crippen molar-refractivity contribution in [3.8, 4) is 11.5 Å². The van der Waals surface area contributed by atoms with Crippen molar-refractivity contribution >= 4 is 15.5 Å². The van der Waals surface area contributed by atoms with Crippen LogP contribution in [-0.2, 0) is 22.2 Å². The van der Waals surface area contributed by atoms with E-state index >= 15 is 0 Å². The number of hydrogen-bond acceptors (Lipinski definition) is 6. The van der Waals surface area contributed by atoms with Crippen molar-refractivity contribution in [2.45, 2.75) is 38.5 Å². The maximum atomic E-state index is 14.1. The monoisotopic (exact) mass is 471 g/mol. The SMILES string of the molecule is CCOc1cc([C@H](Cc2ccc(C(F)(F)CC)cc2[N+](=O)[O-])CS(C)(=O)=O)ccc1OC. The Morgan fingerprint density at radius 2 is 1.81 bits per heavy atom. The number of ether oxygens (including phenoxy) is 2. The lowest BCUT2D eigenvalue weighted by molar-refractivity contribution is -0.385. The molecule has 0 aliphatic heterocycles. The molecule has 0 heterocycles. The van der Waals surface area contributed by atoms with E-state index < -0.39 is 44.3 Å². The fourth-order valence-corrected chi connectivity index (χ4v) is 4.50. The lowest BCUT2D eigenvalue weighted by Crippen LogP contribution is -2.17. The van der Waals surface area contributed by atoms with Crippen molar-refractivity contribution in [2.75, 3.05) is 25.7 Å². The van der Waals surface area contributed by atoms with E-state index in [4.69, 9.17) is 9.47 Å². The molecule has 0 bridgehead atoms. The van der Waals surface area contributed by atoms with Crippen LogP contribution in [0.4, 0.5) is 14.5 Å². The van der Waals surface area contributed by atoms with Gasteiger partial charge in [-0.25, -0.2) is 17.2 Å². The number of nitro benzene ring substituents is 1. The summed E-state index contributed by atoms with van der Waals surface area (Å²) in [6.07, 6.45) is 0.553. The zero-order valence-corrected chi connectivity index (χ0v) is 19.2. The fraction of sp³-hybridized carbons (Fsp3) is 0.455. The predicted molar refractivity (Wildman–Crippen MR) is 118 cm³/mol. The number of nitro groups is 1. The van der Waals surface area contributed by atoms with E-state index in [-0.39, 0.29) is 17.7 Å². The number of benzene rings is 2. The average Bonchev–Trinajstić information content (AvgIpc) is 2.72. The third-order valence-electron chi connectivity index (χ3n) is 5.08. The summed E-state index contributed by atoms with van der Waals surface area (Å²) in [6.45, 7) is 3.44. The molecule has 0 aliphatic carbocycles. The Kier molecular flexibility index (Phi) is 8.17. The number of methoxy groups -OCH3 is 1. The van der Waals surface area contributed by atoms with Gasteiger partial charge in [0.25, 0.3) is 11.6 Å². The normalized spacial score (nSPS) is 12.9. The summed E-state index contributed by atoms with van der Waals surface area (Å²) in [5, 5.41) is 11.6. The van der Waals surface area contributed by atoms with E-state index in [1.54, 1.807) is 25.1 Å². The summed E-state index contributed by atoms with van der Waals surface area (Å²) in [7, 11) is -1.99. The first-order valence-electron chi connectivity index (χ1n) is 10.1. The van der Waals surface area contributed by atoms with E-state index in [9.17, 15) is 27.3 Å². The van der Waals surface area contributed by atoms with Gasteiger partial charge in [0, 0.05) is 35.8 Å². The molecule has 0 aliphatic rings. The number of hydrogen-bond donors (Lipinski definition) is 0. The van der Waals surface area contributed by atoms with Crippen molar-refractivity contribution in [2.24, 2.45) is 0 Å². The molecule has 0 aromatic heterocycles. The second kappa shape index (κ2) is 10.2. The highest BCUT2D eigenvalue weighted by molar-refractivity contribution is 7.90. The van der Waals surface area contributed by atoms with Crippen molar-refractivity contribution in [3.63, 3.8) is 0 Å². The Bertz CT molecular complexity index is 1070. The van der Waals surface area contributed by atoms with Gasteiger partial charge in [-0.2, -0.15) is 0 Å². The van der Waals surface area contributed by atoms with E-state index in [1.165, 1.54) is 20.1 Å². The van der Waals surface area contributed by atoms with Crippen LogP contribution in [0.5, 0.6) is 11.5 Å². The summed E-state index contributed by atoms with van der Waals surface area (Å²) < 4.78 is 63.1. The zero-order chi connectivity index (χ0) is 24.1. The molecule has 2 rings (SSSR count). The molecule has 2 aromatic rings. The largest absolute Gasteiger partial charge is 0.493 e. The molecule has 1 atom stereocenters. The van der Waals surface area contributed by atoms with Crippen LogP contribution in [0.3, 0.4) is 0 Å². The van der Waals surface area contributed by atoms with Gasteiger partial charge < -0.3 is 9.47 Å². The highest BCUT2D eigenvalue weighted by atomic mass is 32.2. The van der Waals surface area contributed by atoms with Crippen LogP contribution in [0.15, 0.2) is 36.4 Å². The number of sulfone groups is 1. The first-order valence-corrected chi connectivity index (χ1v) is 12.1. The van der Waals surface area contributed by atoms with Gasteiger partial charge in [-0.05, 0) is 31.0 Å². The highest BCUT2D eigenvalue weighted by Gasteiger charge is 2.32. The molecule has 2 aromatic carbocycles. The Balaban J connectivity index is 2.54. The molecule has 0 N–H and O–H groups in total. The van der Waals surface area contributed by atoms with Gasteiger partial charge in [-0.3, -0.25) is 10.1 Å². The molecule has 0 saturated carbocycles. The second-order valence-electron chi connectivity index (χ2n) is 7.50. The van der Waals surface area contributed by atoms with Gasteiger partial charge in [0.2, 0.25) is 0 Å². The Hall–Kier alpha value is -2.75. The van der Waals surface area contributed by atoms with Crippen molar-refractivity contribution < 1.29 is 31.6 Å². The van der Waals surface area contributed by atoms with Crippen molar-refractivity contribution in [3.05, 3.63) is 63.2 Å². The molecule has 176 valence electrons. The summed E-state index contributed by atoms with van der Waals surface area (Å²) in [5.41, 5.74) is -0.157. The van der Waals surface area contributed by atoms with E-state index in [0.29, 0.717) is 23.7 Å². The number of rotatable bonds is 11. The van der Waals surface area contributed by atoms with Crippen LogP contribution < -0.4 is 9.47 Å². The summed E-state index contributed by atoms with van der Waals surface area (Å²) in [6, 6.07) is 8.25. The third-order valence-corrected chi connectivity index (χ3v) is 6.09. The van der Waals surface area contributed by atoms with Crippen LogP contribution in [-0.4, -0.2) is 39.1 Å². The maximum Gasteiger partial charge on any atom is 0.273 e. The van der Waals surface area contributed by atoms with Gasteiger partial charge in [0.05, 0.1) is 24.4 Å². The highest BCUT2D eigenvalue weighted by Crippen LogP contribution is 2.37. The zero-order valence-electron chi connectivity index (χ0n) is 18.4. The molecule has 7 nitrogen and oxygen atoms in total. The first-order chi connectivity index (χ1) is 14.9. The quantitative estimate of drug-likeness (QED) is 0.343. The standard InChI is InChI=1S/C22H27F2NO6S/c1-5-22(23,24)18-9-7-16(19(13-18)25(26)27)11-17(14-32(4,28)29)15-8-10-20(30-3)21(12-15)31-6-2/h7-10,12-13,17H,5-6,11,14H2,1-4H3/t17-/m1/s1. The molecule has 32 heavy (non-hydrogen) atoms. The first kappa shape index (κ1) is 25.5. The third kappa shape index (κ3) is 6.38. The molecule has 0 amide bonds. The smallest absolute Gasteiger partial charge is 0.273 e. The molecule has 0 spiro atoms. The van der Waals surface area contributed by atoms with Crippen LogP contribution in [0, 0.1) is 10.1 Å². The number of alkyl halides is 2. The average molecular weight is 472 g/mol. The lowest BCUT2D eigenvalue weighted by Gasteiger charge is -2.20. The maximum absolute atomic E-state index is 14.1. The molecule has 10 heteroatoms. The van der Waals surface area contributed by atoms with Crippen molar-refractivity contribution in [1.82, 2.24) is 0 Å². The van der Waals surface area contributed by atoms with Crippen LogP contribution in [0.1, 0.15) is 42.9 Å². The molecule has 0 radical (unpaired) electrons. The molecular weight excluding hydrogens is 444 g/mol. The minimum atomic E-state index is -3.46. The molecular formula is C22H27F2NO6S. The minimum absolute atomic E-state index is 0.0285. The van der Waals surface area contributed by atoms with E-state index in [2.05, 4.69) is 0 Å². The van der Waals surface area contributed by atoms with Gasteiger partial charge in [-0.15, -0.1) is 0 Å². The molecule has 0 fully saturated rings. The van der Waals surface area contributed by atoms with Crippen LogP contribution >= 0.6 is 0 Å². The summed E-state index contributed by atoms with van der Waals surface area (Å²) in [5.74, 6) is -3.26. The number of nitrogens with zero attached hydrogens (tertiary/aromatic N) is 1. The number of halogens is 2. The molecule has 0 saturated heterocycles. The van der Waals surface area contributed by atoms with E-state index in [0.717, 1.165) is 18.4 Å². The predicted octanol–water partition coefficient (Wildman–Crippen LogP) is 4.87. The fourth-order valence-electron chi connectivity index (χ4n) is 3.46. The van der Waals surface area contributed by atoms with Gasteiger partial charge in [-0.1, -0.05) is 25.1 Å². The Morgan fingerprint density at radius 3 is 2.34 bits per heavy atom. The lowest BCUT2D eigenvalue weighted by atomic mass is 9.91. The summed E-state index contributed by atoms with van der Waals surface area (Å²) >= 11 is 0. The Labute approximate surface area is 186 Å². The van der Waals surface area contributed by atoms with E-state index in [1.807, 2.05) is 0 Å². The Morgan fingerprint density at radius 1 is 1.12 bits per heavy atom. The second-order valence-corrected chi connectivity index (χ2v) is 9.68. The topological polar surface area (TPSA) is 95.7 Å². The van der Waals surface area contributed by atoms with Crippen molar-refractivity contribution in [1.29, 1.82) is 0 Å². The van der Waals surface area contributed by atoms with Crippen LogP contribution in [0.2, 0.25) is 0 Å².